The summed E-state index contributed by atoms with van der Waals surface area (Å²) in [6.45, 7) is 7.98. The Kier molecular flexibility index (Phi) is 9.18. The molecule has 35 heavy (non-hydrogen) atoms. The van der Waals surface area contributed by atoms with Gasteiger partial charge in [-0.2, -0.15) is 0 Å². The quantitative estimate of drug-likeness (QED) is 0.670. The zero-order valence-corrected chi connectivity index (χ0v) is 21.1. The van der Waals surface area contributed by atoms with Gasteiger partial charge in [-0.3, -0.25) is 14.5 Å². The summed E-state index contributed by atoms with van der Waals surface area (Å²) >= 11 is 0. The highest BCUT2D eigenvalue weighted by molar-refractivity contribution is 5.94. The number of hydrogen-bond acceptors (Lipinski definition) is 4. The Morgan fingerprint density at radius 2 is 1.89 bits per heavy atom. The molecule has 2 aromatic carbocycles. The number of nitrogens with one attached hydrogen (secondary N) is 1. The predicted molar refractivity (Wildman–Crippen MR) is 139 cm³/mol. The third kappa shape index (κ3) is 7.31. The number of nitrogens with zero attached hydrogens (tertiary/aromatic N) is 2. The molecule has 2 aliphatic rings. The van der Waals surface area contributed by atoms with Crippen molar-refractivity contribution in [3.05, 3.63) is 64.7 Å². The average molecular weight is 478 g/mol. The number of hydrogen-bond donors (Lipinski definition) is 1. The lowest BCUT2D eigenvalue weighted by Gasteiger charge is -2.22. The molecule has 2 amide bonds. The van der Waals surface area contributed by atoms with Gasteiger partial charge >= 0.3 is 0 Å². The Bertz CT molecular complexity index is 1010. The Morgan fingerprint density at radius 1 is 1.00 bits per heavy atom. The molecule has 2 aromatic rings. The monoisotopic (exact) mass is 477 g/mol. The van der Waals surface area contributed by atoms with Gasteiger partial charge in [-0.1, -0.05) is 31.2 Å². The standard InChI is InChI=1S/C29H39N3O3/c1-2-14-31-15-4-3-5-18-35-27-12-11-25(29(34)30-13-17-32-16-7-10-28(32)33)21-26(27)20-23-8-6-9-24(19-23)22-31/h6,8-9,11-12,19,21H,2-5,7,10,13-18,20,22H2,1H3,(H,30,34). The second-order valence-corrected chi connectivity index (χ2v) is 9.74. The van der Waals surface area contributed by atoms with Crippen molar-refractivity contribution in [2.24, 2.45) is 0 Å². The zero-order chi connectivity index (χ0) is 24.5. The highest BCUT2D eigenvalue weighted by atomic mass is 16.5. The molecule has 0 aliphatic carbocycles. The third-order valence-corrected chi connectivity index (χ3v) is 6.87. The number of rotatable bonds is 6. The van der Waals surface area contributed by atoms with Crippen LogP contribution in [0.4, 0.5) is 0 Å². The number of carbonyl (C=O) groups is 2. The maximum absolute atomic E-state index is 12.9. The van der Waals surface area contributed by atoms with Crippen LogP contribution in [0.5, 0.6) is 5.75 Å². The second kappa shape index (κ2) is 12.7. The average Bonchev–Trinajstić information content (AvgIpc) is 3.26. The number of fused-ring (bicyclic) bond motifs is 3. The molecule has 0 aromatic heterocycles. The molecule has 0 unspecified atom stereocenters. The van der Waals surface area contributed by atoms with E-state index in [0.29, 0.717) is 31.7 Å². The van der Waals surface area contributed by atoms with Crippen LogP contribution >= 0.6 is 0 Å². The van der Waals surface area contributed by atoms with Crippen molar-refractivity contribution >= 4 is 11.8 Å². The summed E-state index contributed by atoms with van der Waals surface area (Å²) in [5.41, 5.74) is 4.23. The largest absolute Gasteiger partial charge is 0.493 e. The summed E-state index contributed by atoms with van der Waals surface area (Å²) in [6, 6.07) is 14.5. The fraction of sp³-hybridized carbons (Fsp3) is 0.517. The summed E-state index contributed by atoms with van der Waals surface area (Å²) in [6.07, 6.45) is 6.78. The summed E-state index contributed by atoms with van der Waals surface area (Å²) in [5.74, 6) is 0.935. The molecular weight excluding hydrogens is 438 g/mol. The molecule has 6 nitrogen and oxygen atoms in total. The van der Waals surface area contributed by atoms with Crippen molar-refractivity contribution in [1.29, 1.82) is 0 Å². The molecule has 1 N–H and O–H groups in total. The fourth-order valence-electron chi connectivity index (χ4n) is 5.05. The van der Waals surface area contributed by atoms with Crippen LogP contribution in [0.15, 0.2) is 42.5 Å². The van der Waals surface area contributed by atoms with E-state index in [2.05, 4.69) is 41.4 Å². The van der Waals surface area contributed by atoms with Gasteiger partial charge < -0.3 is 15.0 Å². The first-order valence-corrected chi connectivity index (χ1v) is 13.2. The summed E-state index contributed by atoms with van der Waals surface area (Å²) in [4.78, 5) is 29.0. The molecule has 2 aliphatic heterocycles. The van der Waals surface area contributed by atoms with Crippen LogP contribution in [0.25, 0.3) is 0 Å². The van der Waals surface area contributed by atoms with Gasteiger partial charge in [-0.25, -0.2) is 0 Å². The van der Waals surface area contributed by atoms with E-state index in [0.717, 1.165) is 69.6 Å². The number of likely N-dealkylation sites (tertiary alicyclic amines) is 1. The van der Waals surface area contributed by atoms with E-state index >= 15 is 0 Å². The second-order valence-electron chi connectivity index (χ2n) is 9.74. The van der Waals surface area contributed by atoms with Gasteiger partial charge in [0.1, 0.15) is 5.75 Å². The lowest BCUT2D eigenvalue weighted by Crippen LogP contribution is -2.35. The van der Waals surface area contributed by atoms with Crippen molar-refractivity contribution in [3.63, 3.8) is 0 Å². The molecule has 4 rings (SSSR count). The molecule has 1 saturated heterocycles. The van der Waals surface area contributed by atoms with Gasteiger partial charge in [0.25, 0.3) is 5.91 Å². The van der Waals surface area contributed by atoms with Crippen LogP contribution in [0, 0.1) is 0 Å². The smallest absolute Gasteiger partial charge is 0.251 e. The van der Waals surface area contributed by atoms with Crippen LogP contribution in [0.1, 0.15) is 72.5 Å². The highest BCUT2D eigenvalue weighted by Gasteiger charge is 2.20. The minimum Gasteiger partial charge on any atom is -0.493 e. The third-order valence-electron chi connectivity index (χ3n) is 6.87. The zero-order valence-electron chi connectivity index (χ0n) is 21.1. The van der Waals surface area contributed by atoms with E-state index in [1.165, 1.54) is 17.5 Å². The minimum atomic E-state index is -0.109. The minimum absolute atomic E-state index is 0.109. The topological polar surface area (TPSA) is 61.9 Å². The summed E-state index contributed by atoms with van der Waals surface area (Å²) in [5, 5.41) is 2.98. The van der Waals surface area contributed by atoms with E-state index in [1.54, 1.807) is 0 Å². The van der Waals surface area contributed by atoms with Crippen molar-refractivity contribution in [2.75, 3.05) is 39.3 Å². The molecule has 188 valence electrons. The Labute approximate surface area is 209 Å². The maximum Gasteiger partial charge on any atom is 0.251 e. The first-order valence-electron chi connectivity index (χ1n) is 13.2. The van der Waals surface area contributed by atoms with Gasteiger partial charge in [0, 0.05) is 44.6 Å². The number of ether oxygens (including phenoxy) is 1. The van der Waals surface area contributed by atoms with E-state index in [4.69, 9.17) is 4.74 Å². The fourth-order valence-corrected chi connectivity index (χ4v) is 5.05. The molecule has 0 atom stereocenters. The molecule has 2 heterocycles. The van der Waals surface area contributed by atoms with E-state index < -0.39 is 0 Å². The van der Waals surface area contributed by atoms with Crippen LogP contribution in [0.3, 0.4) is 0 Å². The van der Waals surface area contributed by atoms with Gasteiger partial charge in [0.05, 0.1) is 6.61 Å². The summed E-state index contributed by atoms with van der Waals surface area (Å²) in [7, 11) is 0. The van der Waals surface area contributed by atoms with Gasteiger partial charge in [0.2, 0.25) is 5.91 Å². The predicted octanol–water partition coefficient (Wildman–Crippen LogP) is 4.40. The van der Waals surface area contributed by atoms with Gasteiger partial charge in [0.15, 0.2) is 0 Å². The van der Waals surface area contributed by atoms with Crippen LogP contribution in [-0.4, -0.2) is 60.9 Å². The van der Waals surface area contributed by atoms with E-state index in [-0.39, 0.29) is 11.8 Å². The molecule has 6 heteroatoms. The normalized spacial score (nSPS) is 17.4. The van der Waals surface area contributed by atoms with Crippen molar-refractivity contribution in [1.82, 2.24) is 15.1 Å². The van der Waals surface area contributed by atoms with E-state index in [9.17, 15) is 9.59 Å². The number of carbonyl (C=O) groups excluding carboxylic acids is 2. The Morgan fingerprint density at radius 3 is 2.71 bits per heavy atom. The van der Waals surface area contributed by atoms with Crippen molar-refractivity contribution in [2.45, 2.75) is 58.4 Å². The van der Waals surface area contributed by atoms with Crippen molar-refractivity contribution in [3.8, 4) is 5.75 Å². The lowest BCUT2D eigenvalue weighted by atomic mass is 9.99. The maximum atomic E-state index is 12.9. The van der Waals surface area contributed by atoms with Crippen LogP contribution in [0.2, 0.25) is 0 Å². The van der Waals surface area contributed by atoms with Gasteiger partial charge in [-0.15, -0.1) is 0 Å². The highest BCUT2D eigenvalue weighted by Crippen LogP contribution is 2.25. The van der Waals surface area contributed by atoms with Gasteiger partial charge in [-0.05, 0) is 80.1 Å². The lowest BCUT2D eigenvalue weighted by molar-refractivity contribution is -0.127. The first-order chi connectivity index (χ1) is 17.1. The Balaban J connectivity index is 1.48. The van der Waals surface area contributed by atoms with Crippen LogP contribution < -0.4 is 10.1 Å². The molecule has 2 bridgehead atoms. The molecule has 1 fully saturated rings. The molecule has 0 spiro atoms. The van der Waals surface area contributed by atoms with E-state index in [1.807, 2.05) is 23.1 Å². The number of benzene rings is 2. The van der Waals surface area contributed by atoms with Crippen molar-refractivity contribution < 1.29 is 14.3 Å². The molecular formula is C29H39N3O3. The molecule has 0 radical (unpaired) electrons. The summed E-state index contributed by atoms with van der Waals surface area (Å²) < 4.78 is 6.18. The Hall–Kier alpha value is -2.86. The molecule has 0 saturated carbocycles. The first kappa shape index (κ1) is 25.2. The SMILES string of the molecule is CCCN1CCCCCOc2ccc(C(=O)NCCN3CCCC3=O)cc2Cc2cccc(c2)C1. The van der Waals surface area contributed by atoms with Crippen LogP contribution in [-0.2, 0) is 17.8 Å². The number of amides is 2.